The minimum atomic E-state index is -0.214. The molecule has 1 atom stereocenters. The first-order chi connectivity index (χ1) is 11.7. The quantitative estimate of drug-likeness (QED) is 0.553. The first kappa shape index (κ1) is 17.9. The lowest BCUT2D eigenvalue weighted by molar-refractivity contribution is 0.182. The molecule has 2 aromatic rings. The summed E-state index contributed by atoms with van der Waals surface area (Å²) in [6, 6.07) is 8.61. The van der Waals surface area contributed by atoms with Gasteiger partial charge in [0.25, 0.3) is 0 Å². The summed E-state index contributed by atoms with van der Waals surface area (Å²) in [5, 5.41) is 9.22. The molecule has 1 unspecified atom stereocenters. The maximum Gasteiger partial charge on any atom is 0.316 e. The lowest BCUT2D eigenvalue weighted by Gasteiger charge is -2.04. The largest absolute Gasteiger partial charge is 0.459 e. The van der Waals surface area contributed by atoms with E-state index in [1.165, 1.54) is 0 Å². The van der Waals surface area contributed by atoms with Crippen molar-refractivity contribution in [3.63, 3.8) is 0 Å². The number of nitrogens with zero attached hydrogens (tertiary/aromatic N) is 2. The zero-order valence-corrected chi connectivity index (χ0v) is 14.1. The van der Waals surface area contributed by atoms with Crippen molar-refractivity contribution >= 4 is 6.08 Å². The van der Waals surface area contributed by atoms with E-state index in [4.69, 9.17) is 4.74 Å². The van der Waals surface area contributed by atoms with E-state index in [9.17, 15) is 5.11 Å². The fourth-order valence-corrected chi connectivity index (χ4v) is 2.21. The molecule has 0 aliphatic heterocycles. The van der Waals surface area contributed by atoms with E-state index in [0.29, 0.717) is 12.6 Å². The minimum Gasteiger partial charge on any atom is -0.459 e. The van der Waals surface area contributed by atoms with Gasteiger partial charge in [0, 0.05) is 18.0 Å². The van der Waals surface area contributed by atoms with Gasteiger partial charge in [-0.3, -0.25) is 0 Å². The Morgan fingerprint density at radius 3 is 2.50 bits per heavy atom. The Kier molecular flexibility index (Phi) is 7.18. The average molecular weight is 324 g/mol. The van der Waals surface area contributed by atoms with E-state index >= 15 is 0 Å². The monoisotopic (exact) mass is 324 g/mol. The highest BCUT2D eigenvalue weighted by Crippen LogP contribution is 2.20. The van der Waals surface area contributed by atoms with Crippen LogP contribution >= 0.6 is 0 Å². The predicted octanol–water partition coefficient (Wildman–Crippen LogP) is 4.27. The standard InChI is InChI=1S/C20H24N2O2/c1-3-13-24-20-21-14-19(15-22-20)18-11-9-17(10-12-18)8-6-4-5-7-16(2)23/h3,6,8-12,14-16,23H,1,4-5,7,13H2,2H3/b8-6+. The second-order valence-electron chi connectivity index (χ2n) is 5.66. The molecule has 1 aromatic carbocycles. The van der Waals surface area contributed by atoms with Gasteiger partial charge in [-0.25, -0.2) is 9.97 Å². The lowest BCUT2D eigenvalue weighted by atomic mass is 10.1. The van der Waals surface area contributed by atoms with Crippen LogP contribution in [0.2, 0.25) is 0 Å². The SMILES string of the molecule is C=CCOc1ncc(-c2ccc(/C=C/CCCC(C)O)cc2)cn1. The third-order valence-electron chi connectivity index (χ3n) is 3.51. The normalized spacial score (nSPS) is 12.2. The van der Waals surface area contributed by atoms with Gasteiger partial charge < -0.3 is 9.84 Å². The van der Waals surface area contributed by atoms with Gasteiger partial charge >= 0.3 is 6.01 Å². The molecule has 0 radical (unpaired) electrons. The van der Waals surface area contributed by atoms with Gasteiger partial charge in [-0.2, -0.15) is 0 Å². The van der Waals surface area contributed by atoms with E-state index in [0.717, 1.165) is 36.0 Å². The summed E-state index contributed by atoms with van der Waals surface area (Å²) in [6.45, 7) is 5.82. The number of unbranched alkanes of at least 4 members (excludes halogenated alkanes) is 1. The molecule has 1 N–H and O–H groups in total. The Labute approximate surface area is 143 Å². The molecule has 1 aromatic heterocycles. The molecule has 2 rings (SSSR count). The summed E-state index contributed by atoms with van der Waals surface area (Å²) < 4.78 is 5.28. The minimum absolute atomic E-state index is 0.214. The second-order valence-corrected chi connectivity index (χ2v) is 5.66. The summed E-state index contributed by atoms with van der Waals surface area (Å²) in [7, 11) is 0. The van der Waals surface area contributed by atoms with Crippen LogP contribution in [0.1, 0.15) is 31.7 Å². The van der Waals surface area contributed by atoms with Crippen LogP contribution in [-0.2, 0) is 0 Å². The van der Waals surface area contributed by atoms with Gasteiger partial charge in [0.15, 0.2) is 0 Å². The first-order valence-electron chi connectivity index (χ1n) is 8.20. The van der Waals surface area contributed by atoms with Crippen molar-refractivity contribution in [2.45, 2.75) is 32.3 Å². The summed E-state index contributed by atoms with van der Waals surface area (Å²) in [5.41, 5.74) is 3.17. The van der Waals surface area contributed by atoms with E-state index in [1.807, 2.05) is 6.92 Å². The maximum absolute atomic E-state index is 9.22. The van der Waals surface area contributed by atoms with Crippen molar-refractivity contribution in [2.24, 2.45) is 0 Å². The van der Waals surface area contributed by atoms with Crippen molar-refractivity contribution < 1.29 is 9.84 Å². The number of ether oxygens (including phenoxy) is 1. The van der Waals surface area contributed by atoms with Crippen molar-refractivity contribution in [3.8, 4) is 17.1 Å². The first-order valence-corrected chi connectivity index (χ1v) is 8.20. The number of hydrogen-bond donors (Lipinski definition) is 1. The highest BCUT2D eigenvalue weighted by molar-refractivity contribution is 5.64. The van der Waals surface area contributed by atoms with Gasteiger partial charge in [0.1, 0.15) is 6.61 Å². The average Bonchev–Trinajstić information content (AvgIpc) is 2.60. The van der Waals surface area contributed by atoms with Crippen LogP contribution in [0, 0.1) is 0 Å². The number of benzene rings is 1. The molecular weight excluding hydrogens is 300 g/mol. The number of allylic oxidation sites excluding steroid dienone is 1. The maximum atomic E-state index is 9.22. The molecule has 4 nitrogen and oxygen atoms in total. The van der Waals surface area contributed by atoms with Crippen molar-refractivity contribution in [1.82, 2.24) is 9.97 Å². The predicted molar refractivity (Wildman–Crippen MR) is 97.7 cm³/mol. The van der Waals surface area contributed by atoms with Gasteiger partial charge in [0.2, 0.25) is 0 Å². The van der Waals surface area contributed by atoms with Crippen LogP contribution in [0.15, 0.2) is 55.4 Å². The van der Waals surface area contributed by atoms with Crippen LogP contribution in [0.5, 0.6) is 6.01 Å². The summed E-state index contributed by atoms with van der Waals surface area (Å²) >= 11 is 0. The topological polar surface area (TPSA) is 55.2 Å². The summed E-state index contributed by atoms with van der Waals surface area (Å²) in [4.78, 5) is 8.37. The Hall–Kier alpha value is -2.46. The van der Waals surface area contributed by atoms with Crippen LogP contribution in [0.25, 0.3) is 17.2 Å². The van der Waals surface area contributed by atoms with Crippen LogP contribution < -0.4 is 4.74 Å². The fraction of sp³-hybridized carbons (Fsp3) is 0.300. The highest BCUT2D eigenvalue weighted by Gasteiger charge is 2.01. The lowest BCUT2D eigenvalue weighted by Crippen LogP contribution is -1.97. The summed E-state index contributed by atoms with van der Waals surface area (Å²) in [5.74, 6) is 0. The second kappa shape index (κ2) is 9.63. The molecular formula is C20H24N2O2. The molecule has 0 saturated heterocycles. The number of rotatable bonds is 9. The molecule has 0 saturated carbocycles. The Bertz CT molecular complexity index is 646. The summed E-state index contributed by atoms with van der Waals surface area (Å²) in [6.07, 6.45) is 12.0. The molecule has 0 aliphatic carbocycles. The van der Waals surface area contributed by atoms with E-state index in [-0.39, 0.29) is 6.10 Å². The van der Waals surface area contributed by atoms with Crippen LogP contribution in [-0.4, -0.2) is 27.8 Å². The Morgan fingerprint density at radius 2 is 1.88 bits per heavy atom. The Balaban J connectivity index is 1.91. The Morgan fingerprint density at radius 1 is 1.17 bits per heavy atom. The molecule has 0 spiro atoms. The van der Waals surface area contributed by atoms with Crippen molar-refractivity contribution in [2.75, 3.05) is 6.61 Å². The van der Waals surface area contributed by atoms with Crippen LogP contribution in [0.3, 0.4) is 0 Å². The van der Waals surface area contributed by atoms with Gasteiger partial charge in [-0.05, 0) is 37.3 Å². The zero-order valence-electron chi connectivity index (χ0n) is 14.1. The highest BCUT2D eigenvalue weighted by atomic mass is 16.5. The smallest absolute Gasteiger partial charge is 0.316 e. The molecule has 0 amide bonds. The molecule has 0 aliphatic rings. The molecule has 0 fully saturated rings. The van der Waals surface area contributed by atoms with Crippen LogP contribution in [0.4, 0.5) is 0 Å². The third-order valence-corrected chi connectivity index (χ3v) is 3.51. The van der Waals surface area contributed by atoms with E-state index in [1.54, 1.807) is 18.5 Å². The number of aliphatic hydroxyl groups excluding tert-OH is 1. The molecule has 0 bridgehead atoms. The zero-order chi connectivity index (χ0) is 17.2. The molecule has 1 heterocycles. The van der Waals surface area contributed by atoms with Gasteiger partial charge in [-0.15, -0.1) is 0 Å². The van der Waals surface area contributed by atoms with Gasteiger partial charge in [-0.1, -0.05) is 49.1 Å². The van der Waals surface area contributed by atoms with Crippen molar-refractivity contribution in [3.05, 3.63) is 61.0 Å². The molecule has 126 valence electrons. The molecule has 24 heavy (non-hydrogen) atoms. The fourth-order valence-electron chi connectivity index (χ4n) is 2.21. The number of aliphatic hydroxyl groups is 1. The van der Waals surface area contributed by atoms with E-state index < -0.39 is 0 Å². The van der Waals surface area contributed by atoms with E-state index in [2.05, 4.69) is 53.0 Å². The van der Waals surface area contributed by atoms with Gasteiger partial charge in [0.05, 0.1) is 6.10 Å². The number of aromatic nitrogens is 2. The van der Waals surface area contributed by atoms with Crippen molar-refractivity contribution in [1.29, 1.82) is 0 Å². The number of hydrogen-bond acceptors (Lipinski definition) is 4. The third kappa shape index (κ3) is 5.97. The molecule has 4 heteroatoms.